The molecule has 0 amide bonds. The minimum Gasteiger partial charge on any atom is -0.493 e. The Hall–Kier alpha value is -2.25. The van der Waals surface area contributed by atoms with Crippen molar-refractivity contribution in [2.75, 3.05) is 25.1 Å². The van der Waals surface area contributed by atoms with E-state index in [9.17, 15) is 13.5 Å². The minimum absolute atomic E-state index is 0.0311. The number of ether oxygens (including phenoxy) is 2. The fraction of sp³-hybridized carbons (Fsp3) is 0.368. The Bertz CT molecular complexity index is 837. The highest BCUT2D eigenvalue weighted by Gasteiger charge is 2.29. The summed E-state index contributed by atoms with van der Waals surface area (Å²) in [6.07, 6.45) is -0.325. The standard InChI is InChI=1S/C19H25NO5S/c1-5-16(21)13-20(15-9-7-6-8-10-15)26(22,23)19-12-18(25-4)17(24-3)11-14(19)2/h6-12,16,21H,5,13H2,1-4H3. The Labute approximate surface area is 155 Å². The summed E-state index contributed by atoms with van der Waals surface area (Å²) in [6.45, 7) is 3.48. The molecule has 0 spiro atoms. The zero-order chi connectivity index (χ0) is 19.3. The van der Waals surface area contributed by atoms with Crippen molar-refractivity contribution < 1.29 is 23.0 Å². The number of anilines is 1. The molecule has 26 heavy (non-hydrogen) atoms. The summed E-state index contributed by atoms with van der Waals surface area (Å²) >= 11 is 0. The molecule has 0 aromatic heterocycles. The van der Waals surface area contributed by atoms with Crippen LogP contribution in [-0.4, -0.2) is 40.4 Å². The van der Waals surface area contributed by atoms with Gasteiger partial charge >= 0.3 is 0 Å². The van der Waals surface area contributed by atoms with E-state index in [1.807, 2.05) is 13.0 Å². The van der Waals surface area contributed by atoms with Gasteiger partial charge in [0.2, 0.25) is 0 Å². The maximum absolute atomic E-state index is 13.4. The molecule has 2 aromatic rings. The molecule has 0 fully saturated rings. The van der Waals surface area contributed by atoms with E-state index in [4.69, 9.17) is 9.47 Å². The molecular formula is C19H25NO5S. The highest BCUT2D eigenvalue weighted by atomic mass is 32.2. The molecule has 0 radical (unpaired) electrons. The van der Waals surface area contributed by atoms with Crippen molar-refractivity contribution in [1.82, 2.24) is 0 Å². The van der Waals surface area contributed by atoms with Crippen LogP contribution in [0.5, 0.6) is 11.5 Å². The number of aliphatic hydroxyl groups is 1. The lowest BCUT2D eigenvalue weighted by Gasteiger charge is -2.27. The van der Waals surface area contributed by atoms with Gasteiger partial charge in [-0.05, 0) is 37.1 Å². The number of nitrogens with zero attached hydrogens (tertiary/aromatic N) is 1. The number of benzene rings is 2. The summed E-state index contributed by atoms with van der Waals surface area (Å²) in [5.41, 5.74) is 1.03. The molecule has 7 heteroatoms. The van der Waals surface area contributed by atoms with E-state index in [0.29, 0.717) is 29.2 Å². The third kappa shape index (κ3) is 4.11. The van der Waals surface area contributed by atoms with E-state index in [1.54, 1.807) is 37.3 Å². The first kappa shape index (κ1) is 20.1. The number of sulfonamides is 1. The lowest BCUT2D eigenvalue weighted by Crippen LogP contribution is -2.37. The number of aliphatic hydroxyl groups excluding tert-OH is 1. The van der Waals surface area contributed by atoms with Gasteiger partial charge in [-0.15, -0.1) is 0 Å². The van der Waals surface area contributed by atoms with Crippen LogP contribution >= 0.6 is 0 Å². The smallest absolute Gasteiger partial charge is 0.264 e. The van der Waals surface area contributed by atoms with Crippen LogP contribution in [0.1, 0.15) is 18.9 Å². The second-order valence-electron chi connectivity index (χ2n) is 5.91. The largest absolute Gasteiger partial charge is 0.493 e. The van der Waals surface area contributed by atoms with Crippen molar-refractivity contribution in [3.8, 4) is 11.5 Å². The molecule has 2 rings (SSSR count). The molecule has 0 aliphatic rings. The molecule has 0 bridgehead atoms. The Kier molecular flexibility index (Phi) is 6.50. The first-order valence-corrected chi connectivity index (χ1v) is 9.77. The Morgan fingerprint density at radius 2 is 1.65 bits per heavy atom. The quantitative estimate of drug-likeness (QED) is 0.763. The number of rotatable bonds is 8. The van der Waals surface area contributed by atoms with Crippen molar-refractivity contribution in [3.05, 3.63) is 48.0 Å². The van der Waals surface area contributed by atoms with Gasteiger partial charge in [0, 0.05) is 6.07 Å². The molecule has 0 saturated heterocycles. The fourth-order valence-electron chi connectivity index (χ4n) is 2.62. The van der Waals surface area contributed by atoms with Crippen molar-refractivity contribution >= 4 is 15.7 Å². The Morgan fingerprint density at radius 1 is 1.08 bits per heavy atom. The zero-order valence-electron chi connectivity index (χ0n) is 15.5. The predicted octanol–water partition coefficient (Wildman–Crippen LogP) is 2.98. The topological polar surface area (TPSA) is 76.1 Å². The molecule has 1 atom stereocenters. The fourth-order valence-corrected chi connectivity index (χ4v) is 4.34. The summed E-state index contributed by atoms with van der Waals surface area (Å²) in [4.78, 5) is 0.113. The Balaban J connectivity index is 2.60. The third-order valence-electron chi connectivity index (χ3n) is 4.14. The maximum Gasteiger partial charge on any atom is 0.264 e. The molecule has 1 N–H and O–H groups in total. The van der Waals surface area contributed by atoms with Gasteiger partial charge < -0.3 is 14.6 Å². The SMILES string of the molecule is CCC(O)CN(c1ccccc1)S(=O)(=O)c1cc(OC)c(OC)cc1C. The van der Waals surface area contributed by atoms with Crippen LogP contribution in [0.25, 0.3) is 0 Å². The van der Waals surface area contributed by atoms with Crippen molar-refractivity contribution in [2.24, 2.45) is 0 Å². The zero-order valence-corrected chi connectivity index (χ0v) is 16.3. The predicted molar refractivity (Wildman–Crippen MR) is 102 cm³/mol. The van der Waals surface area contributed by atoms with Crippen LogP contribution in [0.15, 0.2) is 47.4 Å². The van der Waals surface area contributed by atoms with Crippen molar-refractivity contribution in [1.29, 1.82) is 0 Å². The molecule has 2 aromatic carbocycles. The lowest BCUT2D eigenvalue weighted by atomic mass is 10.2. The van der Waals surface area contributed by atoms with Gasteiger partial charge in [0.15, 0.2) is 11.5 Å². The first-order chi connectivity index (χ1) is 12.3. The van der Waals surface area contributed by atoms with Crippen LogP contribution in [-0.2, 0) is 10.0 Å². The number of methoxy groups -OCH3 is 2. The molecule has 0 aliphatic carbocycles. The van der Waals surface area contributed by atoms with Crippen molar-refractivity contribution in [2.45, 2.75) is 31.3 Å². The van der Waals surface area contributed by atoms with Gasteiger partial charge in [0.1, 0.15) is 0 Å². The van der Waals surface area contributed by atoms with E-state index in [1.165, 1.54) is 24.6 Å². The average Bonchev–Trinajstić information content (AvgIpc) is 2.65. The second kappa shape index (κ2) is 8.42. The lowest BCUT2D eigenvalue weighted by molar-refractivity contribution is 0.179. The monoisotopic (exact) mass is 379 g/mol. The van der Waals surface area contributed by atoms with Gasteiger partial charge in [-0.25, -0.2) is 8.42 Å². The van der Waals surface area contributed by atoms with Gasteiger partial charge in [-0.2, -0.15) is 0 Å². The van der Waals surface area contributed by atoms with Gasteiger partial charge in [-0.1, -0.05) is 25.1 Å². The molecule has 0 aliphatic heterocycles. The van der Waals surface area contributed by atoms with Crippen LogP contribution < -0.4 is 13.8 Å². The Morgan fingerprint density at radius 3 is 2.19 bits per heavy atom. The van der Waals surface area contributed by atoms with Crippen LogP contribution in [0, 0.1) is 6.92 Å². The molecule has 142 valence electrons. The normalized spacial score (nSPS) is 12.5. The number of para-hydroxylation sites is 1. The molecule has 6 nitrogen and oxygen atoms in total. The highest BCUT2D eigenvalue weighted by molar-refractivity contribution is 7.92. The van der Waals surface area contributed by atoms with Crippen LogP contribution in [0.2, 0.25) is 0 Å². The summed E-state index contributed by atoms with van der Waals surface area (Å²) in [5.74, 6) is 0.796. The van der Waals surface area contributed by atoms with Crippen LogP contribution in [0.3, 0.4) is 0 Å². The molecule has 1 unspecified atom stereocenters. The van der Waals surface area contributed by atoms with Crippen molar-refractivity contribution in [3.63, 3.8) is 0 Å². The molecular weight excluding hydrogens is 354 g/mol. The van der Waals surface area contributed by atoms with E-state index in [-0.39, 0.29) is 11.4 Å². The molecule has 0 heterocycles. The summed E-state index contributed by atoms with van der Waals surface area (Å²) in [5, 5.41) is 10.1. The van der Waals surface area contributed by atoms with E-state index >= 15 is 0 Å². The maximum atomic E-state index is 13.4. The third-order valence-corrected chi connectivity index (χ3v) is 6.08. The van der Waals surface area contributed by atoms with Gasteiger partial charge in [0.05, 0.1) is 37.5 Å². The van der Waals surface area contributed by atoms with E-state index in [0.717, 1.165) is 0 Å². The number of aryl methyl sites for hydroxylation is 1. The number of hydrogen-bond donors (Lipinski definition) is 1. The van der Waals surface area contributed by atoms with Gasteiger partial charge in [0.25, 0.3) is 10.0 Å². The molecule has 0 saturated carbocycles. The van der Waals surface area contributed by atoms with E-state index < -0.39 is 16.1 Å². The minimum atomic E-state index is -3.91. The van der Waals surface area contributed by atoms with Gasteiger partial charge in [-0.3, -0.25) is 4.31 Å². The van der Waals surface area contributed by atoms with Crippen LogP contribution in [0.4, 0.5) is 5.69 Å². The summed E-state index contributed by atoms with van der Waals surface area (Å²) in [7, 11) is -0.953. The second-order valence-corrected chi connectivity index (χ2v) is 7.74. The summed E-state index contributed by atoms with van der Waals surface area (Å²) in [6, 6.07) is 11.8. The first-order valence-electron chi connectivity index (χ1n) is 8.33. The average molecular weight is 379 g/mol. The highest BCUT2D eigenvalue weighted by Crippen LogP contribution is 2.35. The number of hydrogen-bond acceptors (Lipinski definition) is 5. The van der Waals surface area contributed by atoms with E-state index in [2.05, 4.69) is 0 Å². The summed E-state index contributed by atoms with van der Waals surface area (Å²) < 4.78 is 38.5.